The summed E-state index contributed by atoms with van der Waals surface area (Å²) in [5.74, 6) is 1.75. The zero-order valence-corrected chi connectivity index (χ0v) is 15.8. The Kier molecular flexibility index (Phi) is 6.61. The second-order valence-corrected chi connectivity index (χ2v) is 6.80. The third-order valence-electron chi connectivity index (χ3n) is 4.78. The fourth-order valence-electron chi connectivity index (χ4n) is 2.97. The summed E-state index contributed by atoms with van der Waals surface area (Å²) >= 11 is 0. The van der Waals surface area contributed by atoms with Crippen molar-refractivity contribution < 1.29 is 0 Å². The van der Waals surface area contributed by atoms with Crippen LogP contribution in [-0.4, -0.2) is 53.6 Å². The van der Waals surface area contributed by atoms with E-state index in [4.69, 9.17) is 0 Å². The number of nitrogens with one attached hydrogen (secondary N) is 1. The Morgan fingerprint density at radius 1 is 1.12 bits per heavy atom. The monoisotopic (exact) mass is 351 g/mol. The summed E-state index contributed by atoms with van der Waals surface area (Å²) in [6.07, 6.45) is 7.37. The van der Waals surface area contributed by atoms with E-state index in [-0.39, 0.29) is 0 Å². The summed E-state index contributed by atoms with van der Waals surface area (Å²) < 4.78 is 0. The molecular formula is C21H29N5. The van der Waals surface area contributed by atoms with E-state index in [1.165, 1.54) is 5.56 Å². The van der Waals surface area contributed by atoms with Crippen LogP contribution < -0.4 is 10.2 Å². The molecule has 1 saturated heterocycles. The Morgan fingerprint density at radius 3 is 2.62 bits per heavy atom. The van der Waals surface area contributed by atoms with E-state index >= 15 is 0 Å². The maximum atomic E-state index is 4.68. The van der Waals surface area contributed by atoms with Crippen molar-refractivity contribution >= 4 is 17.8 Å². The van der Waals surface area contributed by atoms with E-state index < -0.39 is 0 Å². The van der Waals surface area contributed by atoms with Crippen LogP contribution in [0.2, 0.25) is 0 Å². The Bertz CT molecular complexity index is 693. The van der Waals surface area contributed by atoms with Gasteiger partial charge in [0.2, 0.25) is 5.95 Å². The van der Waals surface area contributed by atoms with Crippen LogP contribution in [0.25, 0.3) is 6.08 Å². The number of nitrogens with zero attached hydrogens (tertiary/aromatic N) is 4. The van der Waals surface area contributed by atoms with Crippen LogP contribution in [-0.2, 0) is 0 Å². The molecule has 26 heavy (non-hydrogen) atoms. The van der Waals surface area contributed by atoms with Gasteiger partial charge in [-0.25, -0.2) is 4.98 Å². The summed E-state index contributed by atoms with van der Waals surface area (Å²) in [5.41, 5.74) is 1.25. The molecule has 1 N–H and O–H groups in total. The predicted octanol–water partition coefficient (Wildman–Crippen LogP) is 3.52. The van der Waals surface area contributed by atoms with Crippen LogP contribution in [0, 0.1) is 0 Å². The first-order valence-corrected chi connectivity index (χ1v) is 9.53. The van der Waals surface area contributed by atoms with E-state index in [0.717, 1.165) is 50.9 Å². The fraction of sp³-hybridized carbons (Fsp3) is 0.429. The Hall–Kier alpha value is -2.40. The van der Waals surface area contributed by atoms with Gasteiger partial charge in [-0.05, 0) is 25.0 Å². The van der Waals surface area contributed by atoms with Crippen LogP contribution in [0.5, 0.6) is 0 Å². The molecule has 3 rings (SSSR count). The van der Waals surface area contributed by atoms with E-state index in [1.54, 1.807) is 0 Å². The molecule has 1 unspecified atom stereocenters. The van der Waals surface area contributed by atoms with Crippen molar-refractivity contribution in [1.82, 2.24) is 14.9 Å². The molecule has 2 aromatic rings. The highest BCUT2D eigenvalue weighted by Crippen LogP contribution is 2.14. The summed E-state index contributed by atoms with van der Waals surface area (Å²) in [4.78, 5) is 13.9. The van der Waals surface area contributed by atoms with E-state index in [0.29, 0.717) is 6.04 Å². The molecule has 1 aliphatic rings. The van der Waals surface area contributed by atoms with Gasteiger partial charge in [0, 0.05) is 45.0 Å². The van der Waals surface area contributed by atoms with E-state index in [9.17, 15) is 0 Å². The zero-order chi connectivity index (χ0) is 18.2. The normalized spacial score (nSPS) is 16.8. The van der Waals surface area contributed by atoms with Crippen molar-refractivity contribution in [3.8, 4) is 0 Å². The van der Waals surface area contributed by atoms with Crippen molar-refractivity contribution in [3.05, 3.63) is 54.2 Å². The molecule has 1 fully saturated rings. The highest BCUT2D eigenvalue weighted by Gasteiger charge is 2.18. The van der Waals surface area contributed by atoms with Crippen molar-refractivity contribution in [2.24, 2.45) is 0 Å². The number of hydrogen-bond donors (Lipinski definition) is 1. The molecule has 0 aliphatic carbocycles. The molecule has 5 heteroatoms. The third-order valence-corrected chi connectivity index (χ3v) is 4.78. The van der Waals surface area contributed by atoms with Crippen molar-refractivity contribution in [3.63, 3.8) is 0 Å². The molecule has 0 amide bonds. The number of benzene rings is 1. The van der Waals surface area contributed by atoms with Gasteiger partial charge in [0.1, 0.15) is 5.82 Å². The molecule has 2 heterocycles. The molecule has 1 aromatic carbocycles. The number of rotatable bonds is 7. The van der Waals surface area contributed by atoms with Gasteiger partial charge in [0.25, 0.3) is 0 Å². The molecule has 0 saturated carbocycles. The van der Waals surface area contributed by atoms with Gasteiger partial charge >= 0.3 is 0 Å². The summed E-state index contributed by atoms with van der Waals surface area (Å²) in [5, 5.41) is 3.43. The minimum atomic E-state index is 0.422. The van der Waals surface area contributed by atoms with Gasteiger partial charge in [0.05, 0.1) is 0 Å². The minimum Gasteiger partial charge on any atom is -0.367 e. The summed E-state index contributed by atoms with van der Waals surface area (Å²) in [6, 6.07) is 12.8. The van der Waals surface area contributed by atoms with Gasteiger partial charge in [-0.2, -0.15) is 4.98 Å². The van der Waals surface area contributed by atoms with Crippen LogP contribution in [0.4, 0.5) is 11.8 Å². The van der Waals surface area contributed by atoms with Gasteiger partial charge in [-0.15, -0.1) is 0 Å². The third kappa shape index (κ3) is 5.30. The summed E-state index contributed by atoms with van der Waals surface area (Å²) in [6.45, 7) is 9.32. The van der Waals surface area contributed by atoms with Crippen LogP contribution in [0.15, 0.2) is 48.7 Å². The van der Waals surface area contributed by atoms with Crippen molar-refractivity contribution in [2.75, 3.05) is 42.9 Å². The predicted molar refractivity (Wildman–Crippen MR) is 110 cm³/mol. The van der Waals surface area contributed by atoms with E-state index in [1.807, 2.05) is 18.3 Å². The number of anilines is 2. The second-order valence-electron chi connectivity index (χ2n) is 6.80. The van der Waals surface area contributed by atoms with Gasteiger partial charge in [-0.1, -0.05) is 49.4 Å². The van der Waals surface area contributed by atoms with Crippen LogP contribution >= 0.6 is 0 Å². The molecule has 1 atom stereocenters. The molecule has 0 spiro atoms. The largest absolute Gasteiger partial charge is 0.367 e. The maximum Gasteiger partial charge on any atom is 0.227 e. The van der Waals surface area contributed by atoms with Gasteiger partial charge in [0.15, 0.2) is 0 Å². The number of piperazine rings is 1. The second kappa shape index (κ2) is 9.34. The average molecular weight is 351 g/mol. The number of aromatic nitrogens is 2. The smallest absolute Gasteiger partial charge is 0.227 e. The first-order valence-electron chi connectivity index (χ1n) is 9.53. The Labute approximate surface area is 156 Å². The Balaban J connectivity index is 1.49. The van der Waals surface area contributed by atoms with Crippen LogP contribution in [0.1, 0.15) is 25.8 Å². The first kappa shape index (κ1) is 18.4. The molecule has 5 nitrogen and oxygen atoms in total. The lowest BCUT2D eigenvalue weighted by molar-refractivity contribution is 0.283. The highest BCUT2D eigenvalue weighted by atomic mass is 15.3. The standard InChI is InChI=1S/C21H29N5/c1-3-18(2)23-20-11-12-22-21(24-20)26-16-14-25(15-17-26)13-7-10-19-8-5-4-6-9-19/h4-12,18H,3,13-17H2,1-2H3,(H,22,23,24)/b10-7+. The van der Waals surface area contributed by atoms with Gasteiger partial charge < -0.3 is 10.2 Å². The molecule has 0 radical (unpaired) electrons. The molecular weight excluding hydrogens is 322 g/mol. The maximum absolute atomic E-state index is 4.68. The summed E-state index contributed by atoms with van der Waals surface area (Å²) in [7, 11) is 0. The topological polar surface area (TPSA) is 44.3 Å². The zero-order valence-electron chi connectivity index (χ0n) is 15.8. The highest BCUT2D eigenvalue weighted by molar-refractivity contribution is 5.48. The lowest BCUT2D eigenvalue weighted by Gasteiger charge is -2.34. The first-order chi connectivity index (χ1) is 12.7. The van der Waals surface area contributed by atoms with Gasteiger partial charge in [-0.3, -0.25) is 4.90 Å². The van der Waals surface area contributed by atoms with Crippen molar-refractivity contribution in [1.29, 1.82) is 0 Å². The average Bonchev–Trinajstić information content (AvgIpc) is 2.69. The minimum absolute atomic E-state index is 0.422. The lowest BCUT2D eigenvalue weighted by Crippen LogP contribution is -2.47. The lowest BCUT2D eigenvalue weighted by atomic mass is 10.2. The molecule has 1 aromatic heterocycles. The Morgan fingerprint density at radius 2 is 1.88 bits per heavy atom. The van der Waals surface area contributed by atoms with Crippen molar-refractivity contribution in [2.45, 2.75) is 26.3 Å². The molecule has 0 bridgehead atoms. The van der Waals surface area contributed by atoms with Crippen LogP contribution in [0.3, 0.4) is 0 Å². The molecule has 138 valence electrons. The number of hydrogen-bond acceptors (Lipinski definition) is 5. The van der Waals surface area contributed by atoms with E-state index in [2.05, 4.69) is 75.3 Å². The molecule has 1 aliphatic heterocycles. The quantitative estimate of drug-likeness (QED) is 0.827. The fourth-order valence-corrected chi connectivity index (χ4v) is 2.97. The SMILES string of the molecule is CCC(C)Nc1ccnc(N2CCN(C/C=C/c3ccccc3)CC2)n1.